The predicted molar refractivity (Wildman–Crippen MR) is 250 cm³/mol. The monoisotopic (exact) mass is 953 g/mol. The molecular formula is C46H51N9O10S2. The van der Waals surface area contributed by atoms with Crippen LogP contribution in [0.1, 0.15) is 37.5 Å². The summed E-state index contributed by atoms with van der Waals surface area (Å²) in [4.78, 5) is 20.2. The van der Waals surface area contributed by atoms with Crippen molar-refractivity contribution in [2.75, 3.05) is 40.2 Å². The molecular weight excluding hydrogens is 903 g/mol. The van der Waals surface area contributed by atoms with Crippen LogP contribution in [0.25, 0.3) is 33.5 Å². The highest BCUT2D eigenvalue weighted by atomic mass is 32.2. The number of hydrogen-bond acceptors (Lipinski definition) is 15. The Balaban J connectivity index is 1.51. The van der Waals surface area contributed by atoms with E-state index in [-0.39, 0.29) is 42.5 Å². The number of alkyl carbamates (subject to hydrolysis) is 1. The highest BCUT2D eigenvalue weighted by molar-refractivity contribution is 7.94. The zero-order valence-corrected chi connectivity index (χ0v) is 39.3. The number of ether oxygens (including phenoxy) is 4. The maximum atomic E-state index is 16.1. The number of amides is 1. The number of nitrogen functional groups attached to an aromatic ring is 1. The van der Waals surface area contributed by atoms with Gasteiger partial charge in [0, 0.05) is 25.2 Å². The molecule has 0 aliphatic rings. The lowest BCUT2D eigenvalue weighted by Crippen LogP contribution is -2.42. The number of aliphatic hydroxyl groups excluding tert-OH is 1. The Morgan fingerprint density at radius 1 is 0.806 bits per heavy atom. The molecule has 0 spiro atoms. The van der Waals surface area contributed by atoms with Crippen molar-refractivity contribution >= 4 is 42.9 Å². The molecule has 5 aromatic carbocycles. The van der Waals surface area contributed by atoms with Crippen LogP contribution in [-0.2, 0) is 44.2 Å². The van der Waals surface area contributed by atoms with Crippen LogP contribution in [0.15, 0.2) is 113 Å². The number of nitrogens with two attached hydrogens (primary N) is 1. The largest absolute Gasteiger partial charge is 0.497 e. The summed E-state index contributed by atoms with van der Waals surface area (Å²) < 4.78 is 85.1. The summed E-state index contributed by atoms with van der Waals surface area (Å²) in [6.07, 6.45) is -0.945. The summed E-state index contributed by atoms with van der Waals surface area (Å²) in [6, 6.07) is 28.3. The quantitative estimate of drug-likeness (QED) is 0.0818. The van der Waals surface area contributed by atoms with E-state index >= 15 is 16.8 Å². The van der Waals surface area contributed by atoms with Crippen molar-refractivity contribution in [1.29, 1.82) is 0 Å². The minimum Gasteiger partial charge on any atom is -0.497 e. The summed E-state index contributed by atoms with van der Waals surface area (Å²) in [5, 5.41) is 24.8. The first-order chi connectivity index (χ1) is 31.9. The second-order valence-corrected chi connectivity index (χ2v) is 20.4. The number of aromatic amines is 1. The number of nitrogens with one attached hydrogen (secondary N) is 2. The van der Waals surface area contributed by atoms with E-state index in [0.717, 1.165) is 15.9 Å². The number of rotatable bonds is 18. The number of carbonyl (C=O) groups excluding carboxylic acids is 1. The van der Waals surface area contributed by atoms with Gasteiger partial charge in [-0.15, -0.1) is 10.2 Å². The van der Waals surface area contributed by atoms with Crippen molar-refractivity contribution in [1.82, 2.24) is 39.8 Å². The molecule has 1 unspecified atom stereocenters. The SMILES string of the molecule is COc1ccc(CN(Cc2ccc(OC)cc2)S(=O)(=O)c2c(S(=O)(=O)C(CO)CNC(=O)OC(C)(C)C)ccc(-c3cccc4[nH]c(N)nc34)c2-c2nnn(Cc3ccc(OC)cc3)n2)cc1. The van der Waals surface area contributed by atoms with Crippen LogP contribution in [0.4, 0.5) is 10.7 Å². The number of sulfonamides is 1. The number of aromatic nitrogens is 6. The van der Waals surface area contributed by atoms with Crippen molar-refractivity contribution in [2.24, 2.45) is 0 Å². The molecule has 0 saturated heterocycles. The number of carbonyl (C=O) groups is 1. The minimum absolute atomic E-state index is 0.0769. The van der Waals surface area contributed by atoms with Crippen LogP contribution in [0, 0.1) is 0 Å². The first-order valence-corrected chi connectivity index (χ1v) is 23.8. The van der Waals surface area contributed by atoms with E-state index in [0.29, 0.717) is 45.0 Å². The number of hydrogen-bond donors (Lipinski definition) is 4. The van der Waals surface area contributed by atoms with E-state index in [1.807, 2.05) is 0 Å². The fraction of sp³-hybridized carbons (Fsp3) is 0.283. The van der Waals surface area contributed by atoms with Gasteiger partial charge in [0.15, 0.2) is 15.8 Å². The summed E-state index contributed by atoms with van der Waals surface area (Å²) in [5.74, 6) is 1.51. The summed E-state index contributed by atoms with van der Waals surface area (Å²) >= 11 is 0. The van der Waals surface area contributed by atoms with E-state index in [9.17, 15) is 9.90 Å². The number of benzene rings is 5. The Morgan fingerprint density at radius 3 is 1.91 bits per heavy atom. The average molecular weight is 954 g/mol. The summed E-state index contributed by atoms with van der Waals surface area (Å²) in [5.41, 5.74) is 8.17. The molecule has 7 aromatic rings. The van der Waals surface area contributed by atoms with Crippen LogP contribution in [0.2, 0.25) is 0 Å². The maximum absolute atomic E-state index is 16.1. The van der Waals surface area contributed by atoms with E-state index in [4.69, 9.17) is 29.8 Å². The fourth-order valence-corrected chi connectivity index (χ4v) is 11.1. The van der Waals surface area contributed by atoms with Gasteiger partial charge in [0.2, 0.25) is 15.8 Å². The molecule has 0 aliphatic heterocycles. The number of nitrogens with zero attached hydrogens (tertiary/aromatic N) is 6. The number of para-hydroxylation sites is 1. The number of fused-ring (bicyclic) bond motifs is 1. The normalized spacial score (nSPS) is 12.5. The van der Waals surface area contributed by atoms with E-state index in [2.05, 4.69) is 25.6 Å². The topological polar surface area (TPSA) is 256 Å². The second kappa shape index (κ2) is 19.8. The predicted octanol–water partition coefficient (Wildman–Crippen LogP) is 5.59. The van der Waals surface area contributed by atoms with Crippen LogP contribution in [-0.4, -0.2) is 108 Å². The number of methoxy groups -OCH3 is 3. The standard InChI is InChI=1S/C46H51N9O10S2/c1-46(2,3)65-45(57)48-24-35(28-56)66(58,59)39-23-22-36(37-8-7-9-38-41(37)50-44(47)49-38)40(43-51-53-55(52-43)27-31-14-20-34(64-6)21-15-31)42(39)67(60,61)54(25-29-10-16-32(62-4)17-11-29)26-30-12-18-33(63-5)19-13-30/h7-23,35,56H,24-28H2,1-6H3,(H,48,57)(H3,47,49,50). The Labute approximate surface area is 387 Å². The van der Waals surface area contributed by atoms with Crippen LogP contribution >= 0.6 is 0 Å². The van der Waals surface area contributed by atoms with Gasteiger partial charge < -0.3 is 40.1 Å². The van der Waals surface area contributed by atoms with E-state index in [1.165, 1.54) is 25.1 Å². The van der Waals surface area contributed by atoms with Gasteiger partial charge in [0.1, 0.15) is 33.0 Å². The highest BCUT2D eigenvalue weighted by Gasteiger charge is 2.41. The molecule has 7 rings (SSSR count). The molecule has 1 atom stereocenters. The van der Waals surface area contributed by atoms with E-state index < -0.39 is 59.7 Å². The molecule has 5 N–H and O–H groups in total. The summed E-state index contributed by atoms with van der Waals surface area (Å²) in [6.45, 7) is 2.82. The Hall–Kier alpha value is -7.07. The maximum Gasteiger partial charge on any atom is 0.407 e. The molecule has 0 radical (unpaired) electrons. The molecule has 67 heavy (non-hydrogen) atoms. The zero-order valence-electron chi connectivity index (χ0n) is 37.6. The van der Waals surface area contributed by atoms with Gasteiger partial charge in [-0.3, -0.25) is 0 Å². The molecule has 0 saturated carbocycles. The molecule has 0 aliphatic carbocycles. The Bertz CT molecular complexity index is 3030. The smallest absolute Gasteiger partial charge is 0.407 e. The lowest BCUT2D eigenvalue weighted by atomic mass is 9.98. The van der Waals surface area contributed by atoms with Gasteiger partial charge in [0.25, 0.3) is 0 Å². The first-order valence-electron chi connectivity index (χ1n) is 20.8. The highest BCUT2D eigenvalue weighted by Crippen LogP contribution is 2.44. The van der Waals surface area contributed by atoms with Gasteiger partial charge in [0.05, 0.1) is 56.0 Å². The van der Waals surface area contributed by atoms with Crippen LogP contribution in [0.3, 0.4) is 0 Å². The second-order valence-electron chi connectivity index (χ2n) is 16.3. The number of imidazole rings is 1. The van der Waals surface area contributed by atoms with Crippen LogP contribution < -0.4 is 25.3 Å². The third-order valence-corrected chi connectivity index (χ3v) is 14.7. The Morgan fingerprint density at radius 2 is 1.37 bits per heavy atom. The van der Waals surface area contributed by atoms with Gasteiger partial charge in [-0.1, -0.05) is 54.6 Å². The minimum atomic E-state index is -5.04. The first kappa shape index (κ1) is 47.9. The Kier molecular flexibility index (Phi) is 14.2. The molecule has 0 fully saturated rings. The number of aliphatic hydroxyl groups is 1. The van der Waals surface area contributed by atoms with Gasteiger partial charge >= 0.3 is 6.09 Å². The van der Waals surface area contributed by atoms with Crippen molar-refractivity contribution < 1.29 is 45.7 Å². The van der Waals surface area contributed by atoms with Gasteiger partial charge in [-0.2, -0.15) is 9.10 Å². The van der Waals surface area contributed by atoms with Crippen molar-refractivity contribution in [3.8, 4) is 39.8 Å². The lowest BCUT2D eigenvalue weighted by molar-refractivity contribution is 0.0525. The fourth-order valence-electron chi connectivity index (χ4n) is 7.25. The van der Waals surface area contributed by atoms with Crippen molar-refractivity contribution in [3.63, 3.8) is 0 Å². The molecule has 2 heterocycles. The zero-order chi connectivity index (χ0) is 48.1. The van der Waals surface area contributed by atoms with Crippen molar-refractivity contribution in [2.45, 2.75) is 61.0 Å². The summed E-state index contributed by atoms with van der Waals surface area (Å²) in [7, 11) is -5.39. The molecule has 19 nitrogen and oxygen atoms in total. The average Bonchev–Trinajstić information content (AvgIpc) is 3.94. The molecule has 1 amide bonds. The van der Waals surface area contributed by atoms with Crippen LogP contribution in [0.5, 0.6) is 17.2 Å². The van der Waals surface area contributed by atoms with Crippen molar-refractivity contribution in [3.05, 3.63) is 120 Å². The third-order valence-electron chi connectivity index (χ3n) is 10.6. The van der Waals surface area contributed by atoms with Gasteiger partial charge in [-0.05, 0) is 96.8 Å². The number of tetrazole rings is 1. The molecule has 2 aromatic heterocycles. The number of anilines is 1. The van der Waals surface area contributed by atoms with E-state index in [1.54, 1.807) is 119 Å². The number of H-pyrrole nitrogens is 1. The number of sulfone groups is 1. The molecule has 0 bridgehead atoms. The third kappa shape index (κ3) is 10.8. The van der Waals surface area contributed by atoms with Gasteiger partial charge in [-0.25, -0.2) is 26.6 Å². The molecule has 21 heteroatoms. The molecule has 352 valence electrons. The lowest BCUT2D eigenvalue weighted by Gasteiger charge is -2.27.